The van der Waals surface area contributed by atoms with Crippen LogP contribution in [0.25, 0.3) is 0 Å². The first-order chi connectivity index (χ1) is 6.88. The van der Waals surface area contributed by atoms with Gasteiger partial charge in [0.25, 0.3) is 0 Å². The van der Waals surface area contributed by atoms with Gasteiger partial charge in [0.1, 0.15) is 0 Å². The fourth-order valence-electron chi connectivity index (χ4n) is 1.30. The Hall–Kier alpha value is -0.800. The fourth-order valence-corrected chi connectivity index (χ4v) is 1.30. The molecule has 1 heterocycles. The number of hydrogen-bond donors (Lipinski definition) is 1. The summed E-state index contributed by atoms with van der Waals surface area (Å²) in [5.41, 5.74) is 1.16. The van der Waals surface area contributed by atoms with Gasteiger partial charge < -0.3 is 14.5 Å². The summed E-state index contributed by atoms with van der Waals surface area (Å²) in [5.74, 6) is 0. The van der Waals surface area contributed by atoms with Crippen LogP contribution in [0.5, 0.6) is 0 Å². The second-order valence-electron chi connectivity index (χ2n) is 3.22. The van der Waals surface area contributed by atoms with Crippen LogP contribution in [0.3, 0.4) is 0 Å². The molecule has 1 aromatic heterocycles. The molecule has 0 aromatic carbocycles. The Bertz CT molecular complexity index is 213. The standard InChI is InChI=1S/C11H19NO2/c1-3-6-12-11(9-13-4-2)10-5-7-14-8-10/h5,7-8,11-12H,3-4,6,9H2,1-2H3. The molecule has 0 aliphatic rings. The quantitative estimate of drug-likeness (QED) is 0.728. The van der Waals surface area contributed by atoms with E-state index in [-0.39, 0.29) is 6.04 Å². The normalized spacial score (nSPS) is 13.0. The smallest absolute Gasteiger partial charge is 0.0951 e. The first-order valence-corrected chi connectivity index (χ1v) is 5.21. The summed E-state index contributed by atoms with van der Waals surface area (Å²) in [6.07, 6.45) is 4.59. The Morgan fingerprint density at radius 1 is 1.50 bits per heavy atom. The second-order valence-corrected chi connectivity index (χ2v) is 3.22. The summed E-state index contributed by atoms with van der Waals surface area (Å²) in [5, 5.41) is 3.42. The fraction of sp³-hybridized carbons (Fsp3) is 0.636. The minimum atomic E-state index is 0.258. The SMILES string of the molecule is CCCNC(COCC)c1ccoc1. The lowest BCUT2D eigenvalue weighted by Crippen LogP contribution is -2.25. The van der Waals surface area contributed by atoms with E-state index in [4.69, 9.17) is 9.15 Å². The van der Waals surface area contributed by atoms with Gasteiger partial charge in [0, 0.05) is 12.2 Å². The van der Waals surface area contributed by atoms with Gasteiger partial charge in [-0.2, -0.15) is 0 Å². The highest BCUT2D eigenvalue weighted by Crippen LogP contribution is 2.13. The molecule has 1 N–H and O–H groups in total. The first-order valence-electron chi connectivity index (χ1n) is 5.21. The van der Waals surface area contributed by atoms with Crippen molar-refractivity contribution in [1.82, 2.24) is 5.32 Å². The molecule has 80 valence electrons. The molecule has 0 radical (unpaired) electrons. The summed E-state index contributed by atoms with van der Waals surface area (Å²) in [6, 6.07) is 2.24. The van der Waals surface area contributed by atoms with Crippen molar-refractivity contribution >= 4 is 0 Å². The zero-order chi connectivity index (χ0) is 10.2. The molecule has 1 aromatic rings. The average Bonchev–Trinajstić information content (AvgIpc) is 2.71. The van der Waals surface area contributed by atoms with Crippen molar-refractivity contribution in [3.05, 3.63) is 24.2 Å². The zero-order valence-electron chi connectivity index (χ0n) is 8.95. The van der Waals surface area contributed by atoms with Crippen LogP contribution in [-0.2, 0) is 4.74 Å². The van der Waals surface area contributed by atoms with E-state index >= 15 is 0 Å². The number of ether oxygens (including phenoxy) is 1. The third-order valence-electron chi connectivity index (χ3n) is 2.07. The lowest BCUT2D eigenvalue weighted by molar-refractivity contribution is 0.123. The van der Waals surface area contributed by atoms with Gasteiger partial charge in [-0.05, 0) is 26.0 Å². The van der Waals surface area contributed by atoms with Crippen molar-refractivity contribution in [3.63, 3.8) is 0 Å². The molecule has 14 heavy (non-hydrogen) atoms. The van der Waals surface area contributed by atoms with Gasteiger partial charge >= 0.3 is 0 Å². The maximum absolute atomic E-state index is 5.41. The van der Waals surface area contributed by atoms with Crippen molar-refractivity contribution in [1.29, 1.82) is 0 Å². The van der Waals surface area contributed by atoms with Crippen LogP contribution < -0.4 is 5.32 Å². The van der Waals surface area contributed by atoms with Gasteiger partial charge in [-0.3, -0.25) is 0 Å². The van der Waals surface area contributed by atoms with Gasteiger partial charge in [0.05, 0.1) is 25.2 Å². The third-order valence-corrected chi connectivity index (χ3v) is 2.07. The first kappa shape index (κ1) is 11.3. The van der Waals surface area contributed by atoms with Gasteiger partial charge in [-0.1, -0.05) is 6.92 Å². The van der Waals surface area contributed by atoms with E-state index in [0.717, 1.165) is 25.1 Å². The number of furan rings is 1. The topological polar surface area (TPSA) is 34.4 Å². The molecule has 0 saturated carbocycles. The van der Waals surface area contributed by atoms with Crippen LogP contribution in [0.2, 0.25) is 0 Å². The molecular formula is C11H19NO2. The van der Waals surface area contributed by atoms with Crippen molar-refractivity contribution < 1.29 is 9.15 Å². The lowest BCUT2D eigenvalue weighted by atomic mass is 10.1. The highest BCUT2D eigenvalue weighted by Gasteiger charge is 2.11. The van der Waals surface area contributed by atoms with Gasteiger partial charge in [0.15, 0.2) is 0 Å². The van der Waals surface area contributed by atoms with Crippen molar-refractivity contribution in [3.8, 4) is 0 Å². The average molecular weight is 197 g/mol. The molecule has 0 amide bonds. The monoisotopic (exact) mass is 197 g/mol. The number of hydrogen-bond acceptors (Lipinski definition) is 3. The van der Waals surface area contributed by atoms with E-state index in [2.05, 4.69) is 12.2 Å². The third kappa shape index (κ3) is 3.52. The van der Waals surface area contributed by atoms with Crippen molar-refractivity contribution in [2.75, 3.05) is 19.8 Å². The minimum Gasteiger partial charge on any atom is -0.472 e. The predicted octanol–water partition coefficient (Wildman–Crippen LogP) is 2.36. The number of rotatable bonds is 7. The second kappa shape index (κ2) is 6.62. The van der Waals surface area contributed by atoms with Gasteiger partial charge in [-0.15, -0.1) is 0 Å². The van der Waals surface area contributed by atoms with Crippen LogP contribution in [0.4, 0.5) is 0 Å². The summed E-state index contributed by atoms with van der Waals surface area (Å²) < 4.78 is 10.5. The van der Waals surface area contributed by atoms with Crippen LogP contribution in [0.1, 0.15) is 31.9 Å². The highest BCUT2D eigenvalue weighted by atomic mass is 16.5. The zero-order valence-corrected chi connectivity index (χ0v) is 8.95. The van der Waals surface area contributed by atoms with E-state index in [1.807, 2.05) is 13.0 Å². The molecule has 0 aliphatic carbocycles. The van der Waals surface area contributed by atoms with Crippen LogP contribution >= 0.6 is 0 Å². The van der Waals surface area contributed by atoms with Crippen molar-refractivity contribution in [2.45, 2.75) is 26.3 Å². The van der Waals surface area contributed by atoms with Crippen LogP contribution in [0, 0.1) is 0 Å². The Labute approximate surface area is 85.4 Å². The molecule has 0 aliphatic heterocycles. The Morgan fingerprint density at radius 2 is 2.36 bits per heavy atom. The van der Waals surface area contributed by atoms with E-state index < -0.39 is 0 Å². The van der Waals surface area contributed by atoms with E-state index in [9.17, 15) is 0 Å². The molecule has 3 nitrogen and oxygen atoms in total. The minimum absolute atomic E-state index is 0.258. The maximum atomic E-state index is 5.41. The van der Waals surface area contributed by atoms with E-state index in [0.29, 0.717) is 6.61 Å². The summed E-state index contributed by atoms with van der Waals surface area (Å²) in [6.45, 7) is 6.62. The van der Waals surface area contributed by atoms with E-state index in [1.165, 1.54) is 0 Å². The van der Waals surface area contributed by atoms with Gasteiger partial charge in [-0.25, -0.2) is 0 Å². The largest absolute Gasteiger partial charge is 0.472 e. The molecule has 0 saturated heterocycles. The molecule has 0 bridgehead atoms. The molecular weight excluding hydrogens is 178 g/mol. The Morgan fingerprint density at radius 3 is 2.93 bits per heavy atom. The summed E-state index contributed by atoms with van der Waals surface area (Å²) >= 11 is 0. The summed E-state index contributed by atoms with van der Waals surface area (Å²) in [7, 11) is 0. The van der Waals surface area contributed by atoms with Crippen molar-refractivity contribution in [2.24, 2.45) is 0 Å². The van der Waals surface area contributed by atoms with Gasteiger partial charge in [0.2, 0.25) is 0 Å². The molecule has 1 rings (SSSR count). The molecule has 1 unspecified atom stereocenters. The Kier molecular flexibility index (Phi) is 5.33. The molecule has 3 heteroatoms. The maximum Gasteiger partial charge on any atom is 0.0951 e. The molecule has 1 atom stereocenters. The predicted molar refractivity (Wildman–Crippen MR) is 56.2 cm³/mol. The summed E-state index contributed by atoms with van der Waals surface area (Å²) in [4.78, 5) is 0. The van der Waals surface area contributed by atoms with Crippen LogP contribution in [0.15, 0.2) is 23.0 Å². The Balaban J connectivity index is 2.44. The molecule has 0 fully saturated rings. The highest BCUT2D eigenvalue weighted by molar-refractivity contribution is 5.11. The molecule has 0 spiro atoms. The lowest BCUT2D eigenvalue weighted by Gasteiger charge is -2.16. The van der Waals surface area contributed by atoms with Crippen LogP contribution in [-0.4, -0.2) is 19.8 Å². The number of nitrogens with one attached hydrogen (secondary N) is 1. The van der Waals surface area contributed by atoms with E-state index in [1.54, 1.807) is 12.5 Å².